The molecule has 1 rings (SSSR count). The molecule has 0 bridgehead atoms. The predicted molar refractivity (Wildman–Crippen MR) is 66.9 cm³/mol. The molecule has 0 fully saturated rings. The van der Waals surface area contributed by atoms with E-state index in [0.29, 0.717) is 5.92 Å². The van der Waals surface area contributed by atoms with Crippen molar-refractivity contribution in [2.24, 2.45) is 17.6 Å². The van der Waals surface area contributed by atoms with Crippen LogP contribution < -0.4 is 5.73 Å². The number of aryl methyl sites for hydroxylation is 1. The highest BCUT2D eigenvalue weighted by molar-refractivity contribution is 5.22. The molecular formula is C14H23N. The molecule has 0 amide bonds. The van der Waals surface area contributed by atoms with Gasteiger partial charge in [0.1, 0.15) is 0 Å². The van der Waals surface area contributed by atoms with Crippen LogP contribution in [0.15, 0.2) is 24.3 Å². The van der Waals surface area contributed by atoms with Gasteiger partial charge in [0.25, 0.3) is 0 Å². The first kappa shape index (κ1) is 12.3. The lowest BCUT2D eigenvalue weighted by molar-refractivity contribution is 0.354. The third-order valence-electron chi connectivity index (χ3n) is 3.33. The Kier molecular flexibility index (Phi) is 4.83. The van der Waals surface area contributed by atoms with Gasteiger partial charge >= 0.3 is 0 Å². The molecule has 0 heterocycles. The Labute approximate surface area is 93.7 Å². The summed E-state index contributed by atoms with van der Waals surface area (Å²) in [5.41, 5.74) is 8.60. The highest BCUT2D eigenvalue weighted by atomic mass is 14.6. The Balaban J connectivity index is 2.66. The van der Waals surface area contributed by atoms with Gasteiger partial charge in [-0.3, -0.25) is 0 Å². The maximum Gasteiger partial charge on any atom is -0.00431 e. The zero-order valence-corrected chi connectivity index (χ0v) is 10.2. The van der Waals surface area contributed by atoms with Gasteiger partial charge in [0.05, 0.1) is 0 Å². The second kappa shape index (κ2) is 5.92. The summed E-state index contributed by atoms with van der Waals surface area (Å²) in [5.74, 6) is 1.34. The molecule has 0 saturated carbocycles. The topological polar surface area (TPSA) is 26.0 Å². The van der Waals surface area contributed by atoms with Crippen LogP contribution in [0.25, 0.3) is 0 Å². The first-order valence-electron chi connectivity index (χ1n) is 5.93. The minimum absolute atomic E-state index is 0.622. The lowest BCUT2D eigenvalue weighted by atomic mass is 9.86. The minimum atomic E-state index is 0.622. The van der Waals surface area contributed by atoms with Crippen molar-refractivity contribution in [3.8, 4) is 0 Å². The Morgan fingerprint density at radius 3 is 2.60 bits per heavy atom. The molecule has 0 aliphatic heterocycles. The highest BCUT2D eigenvalue weighted by Gasteiger charge is 2.14. The van der Waals surface area contributed by atoms with Crippen LogP contribution in [0.1, 0.15) is 31.4 Å². The van der Waals surface area contributed by atoms with E-state index in [1.54, 1.807) is 0 Å². The summed E-state index contributed by atoms with van der Waals surface area (Å²) in [4.78, 5) is 0. The molecule has 0 radical (unpaired) electrons. The van der Waals surface area contributed by atoms with E-state index in [2.05, 4.69) is 45.0 Å². The van der Waals surface area contributed by atoms with Gasteiger partial charge in [0.15, 0.2) is 0 Å². The Hall–Kier alpha value is -0.820. The summed E-state index contributed by atoms with van der Waals surface area (Å²) >= 11 is 0. The van der Waals surface area contributed by atoms with Gasteiger partial charge in [-0.15, -0.1) is 0 Å². The summed E-state index contributed by atoms with van der Waals surface area (Å²) in [6.45, 7) is 7.48. The normalized spacial score (nSPS) is 14.9. The molecule has 1 heteroatoms. The van der Waals surface area contributed by atoms with Crippen molar-refractivity contribution in [2.75, 3.05) is 6.54 Å². The first-order valence-corrected chi connectivity index (χ1v) is 5.93. The van der Waals surface area contributed by atoms with Gasteiger partial charge in [-0.05, 0) is 37.3 Å². The molecule has 2 unspecified atom stereocenters. The summed E-state index contributed by atoms with van der Waals surface area (Å²) in [5, 5.41) is 0. The van der Waals surface area contributed by atoms with Gasteiger partial charge in [-0.25, -0.2) is 0 Å². The Bertz CT molecular complexity index is 293. The van der Waals surface area contributed by atoms with Crippen LogP contribution in [0.4, 0.5) is 0 Å². The molecule has 0 aromatic heterocycles. The largest absolute Gasteiger partial charge is 0.330 e. The Morgan fingerprint density at radius 1 is 1.33 bits per heavy atom. The molecule has 2 N–H and O–H groups in total. The number of rotatable bonds is 5. The molecule has 84 valence electrons. The summed E-state index contributed by atoms with van der Waals surface area (Å²) in [7, 11) is 0. The van der Waals surface area contributed by atoms with E-state index in [1.807, 2.05) is 0 Å². The van der Waals surface area contributed by atoms with Crippen molar-refractivity contribution in [3.63, 3.8) is 0 Å². The van der Waals surface area contributed by atoms with Crippen LogP contribution >= 0.6 is 0 Å². The zero-order chi connectivity index (χ0) is 11.3. The lowest BCUT2D eigenvalue weighted by Crippen LogP contribution is -2.23. The summed E-state index contributed by atoms with van der Waals surface area (Å²) in [6, 6.07) is 8.75. The predicted octanol–water partition coefficient (Wildman–Crippen LogP) is 3.16. The third kappa shape index (κ3) is 3.67. The van der Waals surface area contributed by atoms with E-state index in [4.69, 9.17) is 5.73 Å². The fraction of sp³-hybridized carbons (Fsp3) is 0.571. The van der Waals surface area contributed by atoms with Gasteiger partial charge in [-0.1, -0.05) is 50.1 Å². The number of hydrogen-bond acceptors (Lipinski definition) is 1. The van der Waals surface area contributed by atoms with Crippen molar-refractivity contribution in [1.82, 2.24) is 0 Å². The van der Waals surface area contributed by atoms with E-state index in [-0.39, 0.29) is 0 Å². The van der Waals surface area contributed by atoms with Crippen LogP contribution in [-0.4, -0.2) is 6.54 Å². The fourth-order valence-electron chi connectivity index (χ4n) is 1.99. The van der Waals surface area contributed by atoms with Crippen LogP contribution in [-0.2, 0) is 6.42 Å². The molecule has 0 spiro atoms. The first-order chi connectivity index (χ1) is 7.17. The standard InChI is InChI=1S/C14H23N/c1-4-12(3)14(10-15)9-13-7-5-6-11(2)8-13/h5-8,12,14H,4,9-10,15H2,1-3H3. The van der Waals surface area contributed by atoms with Crippen LogP contribution in [0.5, 0.6) is 0 Å². The van der Waals surface area contributed by atoms with Crippen LogP contribution in [0, 0.1) is 18.8 Å². The third-order valence-corrected chi connectivity index (χ3v) is 3.33. The molecule has 0 aliphatic carbocycles. The van der Waals surface area contributed by atoms with E-state index in [0.717, 1.165) is 18.9 Å². The van der Waals surface area contributed by atoms with Crippen molar-refractivity contribution < 1.29 is 0 Å². The second-order valence-electron chi connectivity index (χ2n) is 4.57. The lowest BCUT2D eigenvalue weighted by Gasteiger charge is -2.21. The molecule has 2 atom stereocenters. The maximum atomic E-state index is 5.84. The average molecular weight is 205 g/mol. The SMILES string of the molecule is CCC(C)C(CN)Cc1cccc(C)c1. The van der Waals surface area contributed by atoms with E-state index >= 15 is 0 Å². The van der Waals surface area contributed by atoms with Gasteiger partial charge in [0, 0.05) is 0 Å². The zero-order valence-electron chi connectivity index (χ0n) is 10.2. The van der Waals surface area contributed by atoms with Crippen LogP contribution in [0.2, 0.25) is 0 Å². The second-order valence-corrected chi connectivity index (χ2v) is 4.57. The van der Waals surface area contributed by atoms with E-state index < -0.39 is 0 Å². The minimum Gasteiger partial charge on any atom is -0.330 e. The molecule has 15 heavy (non-hydrogen) atoms. The summed E-state index contributed by atoms with van der Waals surface area (Å²) in [6.07, 6.45) is 2.33. The van der Waals surface area contributed by atoms with Crippen molar-refractivity contribution in [3.05, 3.63) is 35.4 Å². The molecule has 1 nitrogen and oxygen atoms in total. The monoisotopic (exact) mass is 205 g/mol. The smallest absolute Gasteiger partial charge is 0.00431 e. The number of benzene rings is 1. The average Bonchev–Trinajstić information content (AvgIpc) is 2.25. The van der Waals surface area contributed by atoms with Gasteiger partial charge < -0.3 is 5.73 Å². The molecular weight excluding hydrogens is 182 g/mol. The van der Waals surface area contributed by atoms with Gasteiger partial charge in [0.2, 0.25) is 0 Å². The Morgan fingerprint density at radius 2 is 2.07 bits per heavy atom. The molecule has 0 saturated heterocycles. The number of hydrogen-bond donors (Lipinski definition) is 1. The van der Waals surface area contributed by atoms with E-state index in [1.165, 1.54) is 17.5 Å². The van der Waals surface area contributed by atoms with Crippen molar-refractivity contribution >= 4 is 0 Å². The maximum absolute atomic E-state index is 5.84. The van der Waals surface area contributed by atoms with Crippen molar-refractivity contribution in [1.29, 1.82) is 0 Å². The van der Waals surface area contributed by atoms with E-state index in [9.17, 15) is 0 Å². The van der Waals surface area contributed by atoms with Crippen molar-refractivity contribution in [2.45, 2.75) is 33.6 Å². The van der Waals surface area contributed by atoms with Gasteiger partial charge in [-0.2, -0.15) is 0 Å². The molecule has 1 aromatic rings. The molecule has 0 aliphatic rings. The highest BCUT2D eigenvalue weighted by Crippen LogP contribution is 2.19. The fourth-order valence-corrected chi connectivity index (χ4v) is 1.99. The summed E-state index contributed by atoms with van der Waals surface area (Å²) < 4.78 is 0. The van der Waals surface area contributed by atoms with Crippen LogP contribution in [0.3, 0.4) is 0 Å². The quantitative estimate of drug-likeness (QED) is 0.785. The number of nitrogens with two attached hydrogens (primary N) is 1. The molecule has 1 aromatic carbocycles.